The van der Waals surface area contributed by atoms with E-state index in [1.165, 1.54) is 0 Å². The van der Waals surface area contributed by atoms with Crippen molar-refractivity contribution in [1.29, 1.82) is 0 Å². The number of hydrogen-bond acceptors (Lipinski definition) is 8. The SMILES string of the molecule is CCC(CC)Oc1nc(C)nc(Nc2c(NC)cc(NC)cc2NC)c1CN. The third-order valence-corrected chi connectivity index (χ3v) is 4.68. The number of aromatic nitrogens is 2. The lowest BCUT2D eigenvalue weighted by Gasteiger charge is -2.22. The molecule has 2 aromatic rings. The summed E-state index contributed by atoms with van der Waals surface area (Å²) >= 11 is 0. The summed E-state index contributed by atoms with van der Waals surface area (Å²) < 4.78 is 6.13. The molecular weight excluding hydrogens is 354 g/mol. The van der Waals surface area contributed by atoms with Crippen LogP contribution in [-0.2, 0) is 6.54 Å². The molecule has 0 amide bonds. The maximum Gasteiger partial charge on any atom is 0.223 e. The van der Waals surface area contributed by atoms with Gasteiger partial charge in [0.05, 0.1) is 28.7 Å². The molecule has 0 radical (unpaired) electrons. The number of nitrogens with two attached hydrogens (primary N) is 1. The molecule has 1 aromatic heterocycles. The third kappa shape index (κ3) is 4.75. The molecule has 28 heavy (non-hydrogen) atoms. The molecule has 0 atom stereocenters. The van der Waals surface area contributed by atoms with Gasteiger partial charge in [0.2, 0.25) is 5.88 Å². The second-order valence-electron chi connectivity index (χ2n) is 6.48. The highest BCUT2D eigenvalue weighted by Gasteiger charge is 2.19. The number of nitrogens with zero attached hydrogens (tertiary/aromatic N) is 2. The average Bonchev–Trinajstić information content (AvgIpc) is 2.71. The molecule has 0 unspecified atom stereocenters. The van der Waals surface area contributed by atoms with Crippen LogP contribution in [0.15, 0.2) is 12.1 Å². The molecule has 0 saturated carbocycles. The summed E-state index contributed by atoms with van der Waals surface area (Å²) in [5.41, 5.74) is 10.6. The molecule has 0 aliphatic heterocycles. The van der Waals surface area contributed by atoms with Crippen LogP contribution in [0.25, 0.3) is 0 Å². The van der Waals surface area contributed by atoms with E-state index in [1.54, 1.807) is 0 Å². The Morgan fingerprint density at radius 2 is 1.61 bits per heavy atom. The Morgan fingerprint density at radius 1 is 1.00 bits per heavy atom. The number of nitrogens with one attached hydrogen (secondary N) is 4. The standard InChI is InChI=1S/C20H33N7O/c1-7-14(8-2)28-20-15(11-21)19(25-12(3)26-20)27-18-16(23-5)9-13(22-4)10-17(18)24-6/h9-10,14,22-24H,7-8,11,21H2,1-6H3,(H,25,26,27). The molecule has 1 aromatic carbocycles. The predicted octanol–water partition coefficient (Wildman–Crippen LogP) is 3.68. The number of anilines is 5. The molecule has 1 heterocycles. The minimum Gasteiger partial charge on any atom is -0.474 e. The first-order valence-electron chi connectivity index (χ1n) is 9.73. The summed E-state index contributed by atoms with van der Waals surface area (Å²) in [6.07, 6.45) is 1.92. The van der Waals surface area contributed by atoms with Gasteiger partial charge in [-0.05, 0) is 31.9 Å². The van der Waals surface area contributed by atoms with Crippen molar-refractivity contribution in [2.75, 3.05) is 42.4 Å². The highest BCUT2D eigenvalue weighted by Crippen LogP contribution is 2.37. The summed E-state index contributed by atoms with van der Waals surface area (Å²) in [6, 6.07) is 4.06. The quantitative estimate of drug-likeness (QED) is 0.420. The second-order valence-corrected chi connectivity index (χ2v) is 6.48. The summed E-state index contributed by atoms with van der Waals surface area (Å²) in [7, 11) is 5.66. The maximum atomic E-state index is 6.13. The normalized spacial score (nSPS) is 10.7. The first-order valence-corrected chi connectivity index (χ1v) is 9.73. The van der Waals surface area contributed by atoms with Gasteiger partial charge in [0.15, 0.2) is 0 Å². The first-order chi connectivity index (χ1) is 13.5. The van der Waals surface area contributed by atoms with Gasteiger partial charge in [0.25, 0.3) is 0 Å². The minimum atomic E-state index is 0.100. The van der Waals surface area contributed by atoms with Crippen LogP contribution < -0.4 is 31.7 Å². The molecule has 6 N–H and O–H groups in total. The van der Waals surface area contributed by atoms with E-state index < -0.39 is 0 Å². The second kappa shape index (κ2) is 9.98. The van der Waals surface area contributed by atoms with Crippen molar-refractivity contribution in [3.05, 3.63) is 23.5 Å². The highest BCUT2D eigenvalue weighted by molar-refractivity contribution is 5.89. The van der Waals surface area contributed by atoms with Crippen molar-refractivity contribution in [2.24, 2.45) is 5.73 Å². The Labute approximate surface area is 167 Å². The van der Waals surface area contributed by atoms with Crippen molar-refractivity contribution in [2.45, 2.75) is 46.3 Å². The molecule has 8 nitrogen and oxygen atoms in total. The van der Waals surface area contributed by atoms with Crippen LogP contribution in [0, 0.1) is 6.92 Å². The molecule has 0 bridgehead atoms. The van der Waals surface area contributed by atoms with Crippen LogP contribution in [0.5, 0.6) is 5.88 Å². The first kappa shape index (κ1) is 21.6. The molecule has 0 spiro atoms. The van der Waals surface area contributed by atoms with Crippen LogP contribution in [0.4, 0.5) is 28.6 Å². The fraction of sp³-hybridized carbons (Fsp3) is 0.500. The lowest BCUT2D eigenvalue weighted by atomic mass is 10.1. The molecule has 0 aliphatic carbocycles. The fourth-order valence-electron chi connectivity index (χ4n) is 3.00. The van der Waals surface area contributed by atoms with Crippen LogP contribution in [-0.4, -0.2) is 37.2 Å². The zero-order valence-corrected chi connectivity index (χ0v) is 17.7. The van der Waals surface area contributed by atoms with Crippen molar-refractivity contribution >= 4 is 28.6 Å². The van der Waals surface area contributed by atoms with Gasteiger partial charge in [-0.1, -0.05) is 13.8 Å². The lowest BCUT2D eigenvalue weighted by molar-refractivity contribution is 0.182. The van der Waals surface area contributed by atoms with Gasteiger partial charge in [0, 0.05) is 33.4 Å². The molecular formula is C20H33N7O. The smallest absolute Gasteiger partial charge is 0.223 e. The van der Waals surface area contributed by atoms with E-state index in [-0.39, 0.29) is 12.6 Å². The summed E-state index contributed by atoms with van der Waals surface area (Å²) in [4.78, 5) is 9.10. The van der Waals surface area contributed by atoms with Gasteiger partial charge in [-0.3, -0.25) is 0 Å². The van der Waals surface area contributed by atoms with E-state index in [2.05, 4.69) is 45.1 Å². The average molecular weight is 388 g/mol. The predicted molar refractivity (Wildman–Crippen MR) is 118 cm³/mol. The molecule has 0 fully saturated rings. The Morgan fingerprint density at radius 3 is 2.07 bits per heavy atom. The van der Waals surface area contributed by atoms with Crippen LogP contribution in [0.2, 0.25) is 0 Å². The van der Waals surface area contributed by atoms with Gasteiger partial charge in [-0.25, -0.2) is 4.98 Å². The number of aryl methyl sites for hydroxylation is 1. The van der Waals surface area contributed by atoms with Gasteiger partial charge >= 0.3 is 0 Å². The van der Waals surface area contributed by atoms with E-state index >= 15 is 0 Å². The van der Waals surface area contributed by atoms with Crippen LogP contribution >= 0.6 is 0 Å². The van der Waals surface area contributed by atoms with E-state index in [1.807, 2.05) is 40.2 Å². The van der Waals surface area contributed by atoms with Crippen molar-refractivity contribution in [3.63, 3.8) is 0 Å². The lowest BCUT2D eigenvalue weighted by Crippen LogP contribution is -2.18. The fourth-order valence-corrected chi connectivity index (χ4v) is 3.00. The number of ether oxygens (including phenoxy) is 1. The maximum absolute atomic E-state index is 6.13. The van der Waals surface area contributed by atoms with E-state index in [9.17, 15) is 0 Å². The molecule has 154 valence electrons. The van der Waals surface area contributed by atoms with Gasteiger partial charge < -0.3 is 31.7 Å². The zero-order chi connectivity index (χ0) is 20.7. The van der Waals surface area contributed by atoms with Crippen molar-refractivity contribution < 1.29 is 4.74 Å². The Kier molecular flexibility index (Phi) is 7.69. The van der Waals surface area contributed by atoms with Crippen molar-refractivity contribution in [1.82, 2.24) is 9.97 Å². The summed E-state index contributed by atoms with van der Waals surface area (Å²) in [5.74, 6) is 1.83. The number of benzene rings is 1. The van der Waals surface area contributed by atoms with Gasteiger partial charge in [0.1, 0.15) is 11.6 Å². The van der Waals surface area contributed by atoms with Gasteiger partial charge in [-0.2, -0.15) is 4.98 Å². The molecule has 2 rings (SSSR count). The van der Waals surface area contributed by atoms with Crippen LogP contribution in [0.1, 0.15) is 38.1 Å². The summed E-state index contributed by atoms with van der Waals surface area (Å²) in [5, 5.41) is 13.1. The summed E-state index contributed by atoms with van der Waals surface area (Å²) in [6.45, 7) is 6.33. The third-order valence-electron chi connectivity index (χ3n) is 4.68. The van der Waals surface area contributed by atoms with E-state index in [0.717, 1.165) is 41.2 Å². The molecule has 8 heteroatoms. The number of hydrogen-bond donors (Lipinski definition) is 5. The number of rotatable bonds is 10. The zero-order valence-electron chi connectivity index (χ0n) is 17.7. The Bertz CT molecular complexity index is 765. The van der Waals surface area contributed by atoms with Gasteiger partial charge in [-0.15, -0.1) is 0 Å². The topological polar surface area (TPSA) is 109 Å². The Hall–Kier alpha value is -2.74. The van der Waals surface area contributed by atoms with E-state index in [0.29, 0.717) is 17.5 Å². The molecule has 0 aliphatic rings. The largest absolute Gasteiger partial charge is 0.474 e. The molecule has 0 saturated heterocycles. The highest BCUT2D eigenvalue weighted by atomic mass is 16.5. The Balaban J connectivity index is 2.53. The minimum absolute atomic E-state index is 0.100. The van der Waals surface area contributed by atoms with E-state index in [4.69, 9.17) is 10.5 Å². The monoisotopic (exact) mass is 387 g/mol. The van der Waals surface area contributed by atoms with Crippen molar-refractivity contribution in [3.8, 4) is 5.88 Å². The van der Waals surface area contributed by atoms with Crippen LogP contribution in [0.3, 0.4) is 0 Å².